The Hall–Kier alpha value is -2.33. The molecule has 0 saturated heterocycles. The van der Waals surface area contributed by atoms with Crippen LogP contribution in [0.2, 0.25) is 5.02 Å². The molecule has 0 bridgehead atoms. The molecular formula is C19H21ClN2O2. The number of rotatable bonds is 5. The fraction of sp³-hybridized carbons (Fsp3) is 0.263. The summed E-state index contributed by atoms with van der Waals surface area (Å²) in [7, 11) is 0. The highest BCUT2D eigenvalue weighted by molar-refractivity contribution is 6.30. The Morgan fingerprint density at radius 2 is 1.62 bits per heavy atom. The maximum absolute atomic E-state index is 12.3. The van der Waals surface area contributed by atoms with Crippen LogP contribution in [-0.4, -0.2) is 18.4 Å². The highest BCUT2D eigenvalue weighted by Gasteiger charge is 2.16. The van der Waals surface area contributed by atoms with Crippen LogP contribution in [-0.2, 0) is 9.59 Å². The second-order valence-electron chi connectivity index (χ2n) is 5.91. The van der Waals surface area contributed by atoms with E-state index in [-0.39, 0.29) is 18.4 Å². The van der Waals surface area contributed by atoms with Gasteiger partial charge in [0.1, 0.15) is 6.54 Å². The molecule has 0 aliphatic heterocycles. The predicted octanol–water partition coefficient (Wildman–Crippen LogP) is 4.46. The molecule has 0 radical (unpaired) electrons. The summed E-state index contributed by atoms with van der Waals surface area (Å²) in [5, 5.41) is 3.40. The Bertz CT molecular complexity index is 709. The number of hydrogen-bond acceptors (Lipinski definition) is 2. The highest BCUT2D eigenvalue weighted by atomic mass is 35.5. The van der Waals surface area contributed by atoms with E-state index in [2.05, 4.69) is 19.2 Å². The summed E-state index contributed by atoms with van der Waals surface area (Å²) < 4.78 is 0. The molecule has 2 aromatic rings. The van der Waals surface area contributed by atoms with Crippen LogP contribution in [0.3, 0.4) is 0 Å². The van der Waals surface area contributed by atoms with E-state index in [0.717, 1.165) is 0 Å². The van der Waals surface area contributed by atoms with Crippen molar-refractivity contribution in [3.05, 3.63) is 59.1 Å². The Kier molecular flexibility index (Phi) is 5.99. The van der Waals surface area contributed by atoms with Crippen LogP contribution >= 0.6 is 11.6 Å². The zero-order valence-electron chi connectivity index (χ0n) is 14.0. The monoisotopic (exact) mass is 344 g/mol. The van der Waals surface area contributed by atoms with E-state index in [4.69, 9.17) is 11.6 Å². The molecule has 5 heteroatoms. The summed E-state index contributed by atoms with van der Waals surface area (Å²) in [5.41, 5.74) is 2.56. The standard InChI is InChI=1S/C19H21ClN2O2/c1-13(2)15-4-8-17(9-5-15)21-19(24)12-22(14(3)23)18-10-6-16(20)7-11-18/h4-11,13H,12H2,1-3H3,(H,21,24). The van der Waals surface area contributed by atoms with Gasteiger partial charge >= 0.3 is 0 Å². The Morgan fingerprint density at radius 1 is 1.04 bits per heavy atom. The molecule has 0 saturated carbocycles. The smallest absolute Gasteiger partial charge is 0.244 e. The lowest BCUT2D eigenvalue weighted by Gasteiger charge is -2.20. The van der Waals surface area contributed by atoms with Gasteiger partial charge in [-0.3, -0.25) is 9.59 Å². The normalized spacial score (nSPS) is 10.5. The summed E-state index contributed by atoms with van der Waals surface area (Å²) in [6, 6.07) is 14.5. The number of nitrogens with zero attached hydrogens (tertiary/aromatic N) is 1. The van der Waals surface area contributed by atoms with E-state index in [1.54, 1.807) is 24.3 Å². The topological polar surface area (TPSA) is 49.4 Å². The maximum Gasteiger partial charge on any atom is 0.244 e. The Morgan fingerprint density at radius 3 is 2.12 bits per heavy atom. The summed E-state index contributed by atoms with van der Waals surface area (Å²) >= 11 is 5.86. The number of hydrogen-bond donors (Lipinski definition) is 1. The first-order valence-electron chi connectivity index (χ1n) is 7.80. The van der Waals surface area contributed by atoms with Crippen LogP contribution in [0.1, 0.15) is 32.3 Å². The van der Waals surface area contributed by atoms with Gasteiger partial charge < -0.3 is 10.2 Å². The summed E-state index contributed by atoms with van der Waals surface area (Å²) in [5.74, 6) is -0.0204. The van der Waals surface area contributed by atoms with Gasteiger partial charge in [-0.2, -0.15) is 0 Å². The van der Waals surface area contributed by atoms with Crippen molar-refractivity contribution in [2.75, 3.05) is 16.8 Å². The molecule has 24 heavy (non-hydrogen) atoms. The lowest BCUT2D eigenvalue weighted by Crippen LogP contribution is -2.36. The van der Waals surface area contributed by atoms with Crippen molar-refractivity contribution in [3.63, 3.8) is 0 Å². The molecular weight excluding hydrogens is 324 g/mol. The third kappa shape index (κ3) is 4.83. The van der Waals surface area contributed by atoms with E-state index >= 15 is 0 Å². The zero-order chi connectivity index (χ0) is 17.7. The fourth-order valence-corrected chi connectivity index (χ4v) is 2.43. The zero-order valence-corrected chi connectivity index (χ0v) is 14.8. The molecule has 0 spiro atoms. The number of carbonyl (C=O) groups is 2. The third-order valence-corrected chi connectivity index (χ3v) is 3.93. The Balaban J connectivity index is 2.05. The average Bonchev–Trinajstić information content (AvgIpc) is 2.54. The molecule has 0 aromatic heterocycles. The molecule has 0 unspecified atom stereocenters. The van der Waals surface area contributed by atoms with Crippen LogP contribution < -0.4 is 10.2 Å². The van der Waals surface area contributed by atoms with Crippen LogP contribution in [0.4, 0.5) is 11.4 Å². The first-order chi connectivity index (χ1) is 11.4. The summed E-state index contributed by atoms with van der Waals surface area (Å²) in [6.07, 6.45) is 0. The van der Waals surface area contributed by atoms with Gasteiger partial charge in [0.05, 0.1) is 0 Å². The highest BCUT2D eigenvalue weighted by Crippen LogP contribution is 2.19. The second kappa shape index (κ2) is 7.97. The molecule has 0 fully saturated rings. The van der Waals surface area contributed by atoms with Gasteiger partial charge in [-0.1, -0.05) is 37.6 Å². The maximum atomic E-state index is 12.3. The van der Waals surface area contributed by atoms with Gasteiger partial charge in [0.2, 0.25) is 11.8 Å². The lowest BCUT2D eigenvalue weighted by atomic mass is 10.0. The van der Waals surface area contributed by atoms with Crippen LogP contribution in [0.25, 0.3) is 0 Å². The van der Waals surface area contributed by atoms with Crippen molar-refractivity contribution in [2.24, 2.45) is 0 Å². The van der Waals surface area contributed by atoms with Gasteiger partial charge in [-0.15, -0.1) is 0 Å². The van der Waals surface area contributed by atoms with Gasteiger partial charge in [-0.05, 0) is 47.9 Å². The van der Waals surface area contributed by atoms with Crippen molar-refractivity contribution in [2.45, 2.75) is 26.7 Å². The van der Waals surface area contributed by atoms with Crippen LogP contribution in [0.15, 0.2) is 48.5 Å². The van der Waals surface area contributed by atoms with Crippen LogP contribution in [0.5, 0.6) is 0 Å². The number of anilines is 2. The molecule has 0 heterocycles. The average molecular weight is 345 g/mol. The third-order valence-electron chi connectivity index (χ3n) is 3.68. The molecule has 0 aliphatic rings. The number of carbonyl (C=O) groups excluding carboxylic acids is 2. The van der Waals surface area contributed by atoms with E-state index in [9.17, 15) is 9.59 Å². The van der Waals surface area contributed by atoms with Gasteiger partial charge in [-0.25, -0.2) is 0 Å². The summed E-state index contributed by atoms with van der Waals surface area (Å²) in [6.45, 7) is 5.61. The number of nitrogens with one attached hydrogen (secondary N) is 1. The van der Waals surface area contributed by atoms with Crippen molar-refractivity contribution < 1.29 is 9.59 Å². The number of benzene rings is 2. The van der Waals surface area contributed by atoms with Crippen LogP contribution in [0, 0.1) is 0 Å². The second-order valence-corrected chi connectivity index (χ2v) is 6.34. The number of amides is 2. The molecule has 126 valence electrons. The Labute approximate surface area is 147 Å². The first kappa shape index (κ1) is 18.0. The minimum Gasteiger partial charge on any atom is -0.325 e. The largest absolute Gasteiger partial charge is 0.325 e. The van der Waals surface area contributed by atoms with E-state index in [1.807, 2.05) is 24.3 Å². The molecule has 4 nitrogen and oxygen atoms in total. The van der Waals surface area contributed by atoms with Gasteiger partial charge in [0.15, 0.2) is 0 Å². The molecule has 0 aliphatic carbocycles. The van der Waals surface area contributed by atoms with E-state index < -0.39 is 0 Å². The predicted molar refractivity (Wildman–Crippen MR) is 98.6 cm³/mol. The quantitative estimate of drug-likeness (QED) is 0.870. The van der Waals surface area contributed by atoms with Crippen molar-refractivity contribution >= 4 is 34.8 Å². The first-order valence-corrected chi connectivity index (χ1v) is 8.18. The van der Waals surface area contributed by atoms with Crippen molar-refractivity contribution in [1.29, 1.82) is 0 Å². The summed E-state index contributed by atoms with van der Waals surface area (Å²) in [4.78, 5) is 25.5. The SMILES string of the molecule is CC(=O)N(CC(=O)Nc1ccc(C(C)C)cc1)c1ccc(Cl)cc1. The van der Waals surface area contributed by atoms with Gasteiger partial charge in [0.25, 0.3) is 0 Å². The number of halogens is 1. The molecule has 2 aromatic carbocycles. The molecule has 2 amide bonds. The van der Waals surface area contributed by atoms with Crippen molar-refractivity contribution in [1.82, 2.24) is 0 Å². The molecule has 1 N–H and O–H groups in total. The van der Waals surface area contributed by atoms with E-state index in [0.29, 0.717) is 22.3 Å². The van der Waals surface area contributed by atoms with E-state index in [1.165, 1.54) is 17.4 Å². The van der Waals surface area contributed by atoms with Gasteiger partial charge in [0, 0.05) is 23.3 Å². The minimum atomic E-state index is -0.252. The lowest BCUT2D eigenvalue weighted by molar-refractivity contribution is -0.120. The molecule has 2 rings (SSSR count). The van der Waals surface area contributed by atoms with Crippen molar-refractivity contribution in [3.8, 4) is 0 Å². The minimum absolute atomic E-state index is 0.0527. The molecule has 0 atom stereocenters. The fourth-order valence-electron chi connectivity index (χ4n) is 2.30.